The fourth-order valence-electron chi connectivity index (χ4n) is 2.86. The minimum atomic E-state index is -0.154. The molecule has 0 aliphatic carbocycles. The molecule has 0 spiro atoms. The van der Waals surface area contributed by atoms with Crippen LogP contribution in [0.1, 0.15) is 28.4 Å². The van der Waals surface area contributed by atoms with Crippen molar-refractivity contribution in [1.82, 2.24) is 24.8 Å². The van der Waals surface area contributed by atoms with Gasteiger partial charge in [0.05, 0.1) is 10.6 Å². The number of aromatic amines is 1. The second-order valence-corrected chi connectivity index (χ2v) is 9.70. The third-order valence-corrected chi connectivity index (χ3v) is 7.36. The van der Waals surface area contributed by atoms with Gasteiger partial charge in [0.1, 0.15) is 10.7 Å². The highest BCUT2D eigenvalue weighted by molar-refractivity contribution is 9.10. The summed E-state index contributed by atoms with van der Waals surface area (Å²) in [5, 5.41) is 9.49. The van der Waals surface area contributed by atoms with E-state index in [4.69, 9.17) is 5.84 Å². The molecule has 144 valence electrons. The quantitative estimate of drug-likeness (QED) is 0.338. The normalized spacial score (nSPS) is 12.6. The van der Waals surface area contributed by atoms with Gasteiger partial charge < -0.3 is 10.8 Å². The Labute approximate surface area is 177 Å². The number of thioether (sulfide) groups is 1. The lowest BCUT2D eigenvalue weighted by atomic mass is 10.2. The van der Waals surface area contributed by atoms with Crippen LogP contribution in [0.25, 0.3) is 21.6 Å². The summed E-state index contributed by atoms with van der Waals surface area (Å²) in [6.45, 7) is 5.90. The number of H-pyrrole nitrogens is 1. The van der Waals surface area contributed by atoms with Crippen molar-refractivity contribution in [2.45, 2.75) is 31.2 Å². The molecule has 10 heteroatoms. The molecule has 1 aromatic carbocycles. The van der Waals surface area contributed by atoms with Gasteiger partial charge in [0.2, 0.25) is 5.16 Å². The van der Waals surface area contributed by atoms with Crippen LogP contribution in [0.2, 0.25) is 0 Å². The Kier molecular flexibility index (Phi) is 5.02. The van der Waals surface area contributed by atoms with Crippen LogP contribution in [0.5, 0.6) is 0 Å². The van der Waals surface area contributed by atoms with Crippen molar-refractivity contribution in [3.05, 3.63) is 55.4 Å². The first kappa shape index (κ1) is 19.2. The molecule has 0 saturated heterocycles. The maximum absolute atomic E-state index is 12.5. The van der Waals surface area contributed by atoms with Crippen LogP contribution >= 0.6 is 39.0 Å². The van der Waals surface area contributed by atoms with Crippen molar-refractivity contribution in [3.63, 3.8) is 0 Å². The molecule has 0 bridgehead atoms. The van der Waals surface area contributed by atoms with Crippen molar-refractivity contribution in [2.75, 3.05) is 5.84 Å². The average Bonchev–Trinajstić information content (AvgIpc) is 3.15. The van der Waals surface area contributed by atoms with Crippen molar-refractivity contribution < 1.29 is 0 Å². The summed E-state index contributed by atoms with van der Waals surface area (Å²) in [6, 6.07) is 7.69. The average molecular weight is 477 g/mol. The first-order chi connectivity index (χ1) is 13.4. The van der Waals surface area contributed by atoms with Crippen molar-refractivity contribution in [2.24, 2.45) is 0 Å². The number of benzene rings is 1. The molecule has 3 aromatic heterocycles. The van der Waals surface area contributed by atoms with Crippen LogP contribution in [0.15, 0.2) is 38.7 Å². The van der Waals surface area contributed by atoms with Gasteiger partial charge in [-0.1, -0.05) is 39.8 Å². The number of fused-ring (bicyclic) bond motifs is 1. The zero-order valence-electron chi connectivity index (χ0n) is 15.4. The number of nitrogens with two attached hydrogens (primary N) is 1. The van der Waals surface area contributed by atoms with Gasteiger partial charge >= 0.3 is 0 Å². The molecule has 7 nitrogen and oxygen atoms in total. The van der Waals surface area contributed by atoms with Gasteiger partial charge in [-0.15, -0.1) is 21.5 Å². The summed E-state index contributed by atoms with van der Waals surface area (Å²) in [4.78, 5) is 21.9. The van der Waals surface area contributed by atoms with E-state index in [-0.39, 0.29) is 10.8 Å². The summed E-state index contributed by atoms with van der Waals surface area (Å²) in [5.41, 5.74) is 1.73. The Bertz CT molecular complexity index is 1240. The minimum Gasteiger partial charge on any atom is -0.335 e. The van der Waals surface area contributed by atoms with Crippen LogP contribution in [-0.2, 0) is 0 Å². The Morgan fingerprint density at radius 1 is 1.29 bits per heavy atom. The van der Waals surface area contributed by atoms with Crippen LogP contribution in [0, 0.1) is 13.8 Å². The Hall–Kier alpha value is -2.17. The Morgan fingerprint density at radius 3 is 2.79 bits per heavy atom. The van der Waals surface area contributed by atoms with Gasteiger partial charge in [-0.2, -0.15) is 0 Å². The fourth-order valence-corrected chi connectivity index (χ4v) is 5.19. The second-order valence-electron chi connectivity index (χ2n) is 6.33. The van der Waals surface area contributed by atoms with Crippen LogP contribution < -0.4 is 11.4 Å². The van der Waals surface area contributed by atoms with E-state index in [0.717, 1.165) is 25.3 Å². The van der Waals surface area contributed by atoms with Gasteiger partial charge in [0.15, 0.2) is 5.82 Å². The van der Waals surface area contributed by atoms with Crippen molar-refractivity contribution in [3.8, 4) is 11.4 Å². The number of nitrogens with zero attached hydrogens (tertiary/aromatic N) is 4. The van der Waals surface area contributed by atoms with E-state index in [0.29, 0.717) is 22.2 Å². The summed E-state index contributed by atoms with van der Waals surface area (Å²) in [7, 11) is 0. The molecule has 0 amide bonds. The molecule has 3 N–H and O–H groups in total. The number of hydrogen-bond donors (Lipinski definition) is 2. The summed E-state index contributed by atoms with van der Waals surface area (Å²) < 4.78 is 2.34. The number of thiophene rings is 1. The number of aromatic nitrogens is 5. The number of halogens is 1. The maximum atomic E-state index is 12.5. The first-order valence-corrected chi connectivity index (χ1v) is 11.0. The minimum absolute atomic E-state index is 0.113. The largest absolute Gasteiger partial charge is 0.335 e. The molecule has 0 unspecified atom stereocenters. The molecule has 0 aliphatic rings. The maximum Gasteiger partial charge on any atom is 0.259 e. The molecule has 0 saturated carbocycles. The molecular weight excluding hydrogens is 460 g/mol. The second kappa shape index (κ2) is 7.34. The lowest BCUT2D eigenvalue weighted by molar-refractivity contribution is 0.835. The standard InChI is InChI=1S/C18H17BrN6OS2/c1-8-9(2)27-17-13(8)16(26)21-14(22-17)10(3)28-18-24-23-15(25(18)20)11-6-4-5-7-12(11)19/h4-7,10H,20H2,1-3H3,(H,21,22,26)/t10-/m0/s1. The topological polar surface area (TPSA) is 102 Å². The summed E-state index contributed by atoms with van der Waals surface area (Å²) in [5.74, 6) is 7.38. The highest BCUT2D eigenvalue weighted by atomic mass is 79.9. The van der Waals surface area contributed by atoms with E-state index in [1.54, 1.807) is 0 Å². The zero-order chi connectivity index (χ0) is 20.0. The van der Waals surface area contributed by atoms with Gasteiger partial charge in [-0.05, 0) is 38.5 Å². The first-order valence-electron chi connectivity index (χ1n) is 8.48. The van der Waals surface area contributed by atoms with E-state index in [1.807, 2.05) is 45.0 Å². The lowest BCUT2D eigenvalue weighted by Crippen LogP contribution is -2.14. The summed E-state index contributed by atoms with van der Waals surface area (Å²) >= 11 is 6.44. The van der Waals surface area contributed by atoms with Gasteiger partial charge in [-0.3, -0.25) is 4.79 Å². The summed E-state index contributed by atoms with van der Waals surface area (Å²) in [6.07, 6.45) is 0. The van der Waals surface area contributed by atoms with Gasteiger partial charge in [0.25, 0.3) is 5.56 Å². The Balaban J connectivity index is 1.66. The van der Waals surface area contributed by atoms with Crippen LogP contribution in [0.3, 0.4) is 0 Å². The number of aryl methyl sites for hydroxylation is 2. The SMILES string of the molecule is Cc1sc2nc([C@H](C)Sc3nnc(-c4ccccc4Br)n3N)[nH]c(=O)c2c1C. The predicted octanol–water partition coefficient (Wildman–Crippen LogP) is 4.19. The molecule has 28 heavy (non-hydrogen) atoms. The van der Waals surface area contributed by atoms with Crippen LogP contribution in [0.4, 0.5) is 0 Å². The number of nitrogen functional groups attached to an aromatic ring is 1. The Morgan fingerprint density at radius 2 is 2.04 bits per heavy atom. The smallest absolute Gasteiger partial charge is 0.259 e. The highest BCUT2D eigenvalue weighted by Crippen LogP contribution is 2.35. The molecule has 0 aliphatic heterocycles. The van der Waals surface area contributed by atoms with E-state index >= 15 is 0 Å². The third kappa shape index (κ3) is 3.25. The molecule has 0 radical (unpaired) electrons. The third-order valence-electron chi connectivity index (χ3n) is 4.50. The lowest BCUT2D eigenvalue weighted by Gasteiger charge is -2.10. The predicted molar refractivity (Wildman–Crippen MR) is 117 cm³/mol. The van der Waals surface area contributed by atoms with E-state index in [2.05, 4.69) is 36.1 Å². The van der Waals surface area contributed by atoms with Crippen molar-refractivity contribution in [1.29, 1.82) is 0 Å². The molecule has 1 atom stereocenters. The number of hydrogen-bond acceptors (Lipinski definition) is 7. The molecule has 0 fully saturated rings. The molecule has 4 rings (SSSR count). The van der Waals surface area contributed by atoms with E-state index in [1.165, 1.54) is 27.8 Å². The van der Waals surface area contributed by atoms with Crippen LogP contribution in [-0.4, -0.2) is 24.8 Å². The van der Waals surface area contributed by atoms with E-state index < -0.39 is 0 Å². The monoisotopic (exact) mass is 476 g/mol. The van der Waals surface area contributed by atoms with E-state index in [9.17, 15) is 4.79 Å². The highest BCUT2D eigenvalue weighted by Gasteiger charge is 2.20. The van der Waals surface area contributed by atoms with Gasteiger partial charge in [0, 0.05) is 14.9 Å². The number of nitrogens with one attached hydrogen (secondary N) is 1. The number of rotatable bonds is 4. The fraction of sp³-hybridized carbons (Fsp3) is 0.222. The van der Waals surface area contributed by atoms with Crippen molar-refractivity contribution >= 4 is 49.2 Å². The van der Waals surface area contributed by atoms with Gasteiger partial charge in [-0.25, -0.2) is 9.66 Å². The zero-order valence-corrected chi connectivity index (χ0v) is 18.6. The molecule has 3 heterocycles. The molecular formula is C18H17BrN6OS2. The molecule has 4 aromatic rings.